The molecular formula is C15H16N2O4S. The maximum absolute atomic E-state index is 12.1. The third kappa shape index (κ3) is 3.90. The number of carbonyl (C=O) groups is 1. The molecule has 0 aliphatic carbocycles. The summed E-state index contributed by atoms with van der Waals surface area (Å²) in [6, 6.07) is 9.60. The van der Waals surface area contributed by atoms with Crippen molar-refractivity contribution in [2.75, 3.05) is 13.7 Å². The number of nitrogens with zero attached hydrogens (tertiary/aromatic N) is 1. The molecule has 0 spiro atoms. The van der Waals surface area contributed by atoms with Gasteiger partial charge in [0.1, 0.15) is 6.10 Å². The zero-order valence-electron chi connectivity index (χ0n) is 12.2. The minimum atomic E-state index is -0.525. The molecule has 1 amide bonds. The van der Waals surface area contributed by atoms with E-state index in [4.69, 9.17) is 4.74 Å². The number of carbonyl (C=O) groups excluding carboxylic acids is 1. The summed E-state index contributed by atoms with van der Waals surface area (Å²) >= 11 is 1.61. The van der Waals surface area contributed by atoms with Gasteiger partial charge in [0.15, 0.2) is 0 Å². The minimum Gasteiger partial charge on any atom is -0.374 e. The van der Waals surface area contributed by atoms with Gasteiger partial charge >= 0.3 is 0 Å². The van der Waals surface area contributed by atoms with Gasteiger partial charge < -0.3 is 10.1 Å². The number of methoxy groups -OCH3 is 1. The van der Waals surface area contributed by atoms with Gasteiger partial charge in [-0.1, -0.05) is 6.07 Å². The Morgan fingerprint density at radius 1 is 1.41 bits per heavy atom. The van der Waals surface area contributed by atoms with E-state index in [1.807, 2.05) is 19.1 Å². The van der Waals surface area contributed by atoms with Gasteiger partial charge in [-0.15, -0.1) is 11.3 Å². The second-order valence-corrected chi connectivity index (χ2v) is 6.01. The number of hydrogen-bond donors (Lipinski definition) is 1. The summed E-state index contributed by atoms with van der Waals surface area (Å²) in [6.45, 7) is 2.31. The van der Waals surface area contributed by atoms with Crippen LogP contribution >= 0.6 is 11.3 Å². The number of hydrogen-bond acceptors (Lipinski definition) is 5. The molecule has 22 heavy (non-hydrogen) atoms. The summed E-state index contributed by atoms with van der Waals surface area (Å²) in [5.74, 6) is -0.362. The highest BCUT2D eigenvalue weighted by molar-refractivity contribution is 7.12. The quantitative estimate of drug-likeness (QED) is 0.655. The van der Waals surface area contributed by atoms with Crippen LogP contribution in [0.4, 0.5) is 5.69 Å². The Morgan fingerprint density at radius 3 is 2.77 bits per heavy atom. The lowest BCUT2D eigenvalue weighted by Crippen LogP contribution is -2.28. The summed E-state index contributed by atoms with van der Waals surface area (Å²) in [7, 11) is 1.58. The van der Waals surface area contributed by atoms with Crippen molar-refractivity contribution >= 4 is 22.9 Å². The Labute approximate surface area is 131 Å². The maximum Gasteiger partial charge on any atom is 0.270 e. The van der Waals surface area contributed by atoms with Crippen molar-refractivity contribution < 1.29 is 14.5 Å². The van der Waals surface area contributed by atoms with Gasteiger partial charge in [-0.3, -0.25) is 14.9 Å². The lowest BCUT2D eigenvalue weighted by Gasteiger charge is -2.14. The fraction of sp³-hybridized carbons (Fsp3) is 0.267. The van der Waals surface area contributed by atoms with Gasteiger partial charge in [-0.05, 0) is 25.1 Å². The van der Waals surface area contributed by atoms with E-state index in [1.165, 1.54) is 23.1 Å². The number of aryl methyl sites for hydroxylation is 1. The van der Waals surface area contributed by atoms with Crippen molar-refractivity contribution in [2.45, 2.75) is 13.0 Å². The number of nitro groups is 1. The van der Waals surface area contributed by atoms with Crippen LogP contribution in [0, 0.1) is 17.0 Å². The second-order valence-electron chi connectivity index (χ2n) is 4.69. The van der Waals surface area contributed by atoms with E-state index in [0.717, 1.165) is 4.88 Å². The third-order valence-corrected chi connectivity index (χ3v) is 4.22. The molecule has 1 unspecified atom stereocenters. The van der Waals surface area contributed by atoms with Crippen LogP contribution in [0.15, 0.2) is 36.4 Å². The smallest absolute Gasteiger partial charge is 0.270 e. The Kier molecular flexibility index (Phi) is 5.24. The Bertz CT molecular complexity index is 684. The predicted octanol–water partition coefficient (Wildman–Crippen LogP) is 3.08. The molecule has 0 aliphatic rings. The first-order valence-corrected chi connectivity index (χ1v) is 7.44. The third-order valence-electron chi connectivity index (χ3n) is 3.13. The summed E-state index contributed by atoms with van der Waals surface area (Å²) < 4.78 is 5.39. The van der Waals surface area contributed by atoms with Crippen molar-refractivity contribution in [3.8, 4) is 0 Å². The second kappa shape index (κ2) is 7.15. The molecule has 0 saturated carbocycles. The molecule has 1 atom stereocenters. The molecule has 116 valence electrons. The van der Waals surface area contributed by atoms with Crippen LogP contribution in [0.2, 0.25) is 0 Å². The van der Waals surface area contributed by atoms with Crippen LogP contribution in [0.1, 0.15) is 26.2 Å². The molecule has 1 aromatic heterocycles. The van der Waals surface area contributed by atoms with Crippen molar-refractivity contribution in [3.05, 3.63) is 61.8 Å². The van der Waals surface area contributed by atoms with Gasteiger partial charge in [0.25, 0.3) is 11.6 Å². The van der Waals surface area contributed by atoms with E-state index in [-0.39, 0.29) is 23.3 Å². The number of thiophene rings is 1. The minimum absolute atomic E-state index is 0.107. The first kappa shape index (κ1) is 16.1. The lowest BCUT2D eigenvalue weighted by molar-refractivity contribution is -0.384. The van der Waals surface area contributed by atoms with Crippen LogP contribution < -0.4 is 5.32 Å². The monoisotopic (exact) mass is 320 g/mol. The summed E-state index contributed by atoms with van der Waals surface area (Å²) in [5.41, 5.74) is 0.149. The summed E-state index contributed by atoms with van der Waals surface area (Å²) in [6.07, 6.45) is -0.235. The fourth-order valence-corrected chi connectivity index (χ4v) is 2.93. The Morgan fingerprint density at radius 2 is 2.18 bits per heavy atom. The SMILES string of the molecule is COC(CNC(=O)c1cccc([N+](=O)[O-])c1)c1ccc(C)s1. The van der Waals surface area contributed by atoms with Crippen LogP contribution in [0.25, 0.3) is 0 Å². The molecule has 6 nitrogen and oxygen atoms in total. The predicted molar refractivity (Wildman–Crippen MR) is 84.2 cm³/mol. The maximum atomic E-state index is 12.1. The van der Waals surface area contributed by atoms with E-state index in [2.05, 4.69) is 5.32 Å². The highest BCUT2D eigenvalue weighted by Gasteiger charge is 2.16. The lowest BCUT2D eigenvalue weighted by atomic mass is 10.2. The molecule has 2 aromatic rings. The standard InChI is InChI=1S/C15H16N2O4S/c1-10-6-7-14(22-10)13(21-2)9-16-15(18)11-4-3-5-12(8-11)17(19)20/h3-8,13H,9H2,1-2H3,(H,16,18). The average molecular weight is 320 g/mol. The number of nitrogens with one attached hydrogen (secondary N) is 1. The van der Waals surface area contributed by atoms with Crippen molar-refractivity contribution in [2.24, 2.45) is 0 Å². The van der Waals surface area contributed by atoms with Crippen LogP contribution in [0.3, 0.4) is 0 Å². The van der Waals surface area contributed by atoms with E-state index in [0.29, 0.717) is 6.54 Å². The van der Waals surface area contributed by atoms with E-state index in [9.17, 15) is 14.9 Å². The number of amides is 1. The number of ether oxygens (including phenoxy) is 1. The van der Waals surface area contributed by atoms with Gasteiger partial charge in [0.05, 0.1) is 4.92 Å². The van der Waals surface area contributed by atoms with Crippen LogP contribution in [0.5, 0.6) is 0 Å². The van der Waals surface area contributed by atoms with Crippen LogP contribution in [-0.4, -0.2) is 24.5 Å². The van der Waals surface area contributed by atoms with E-state index < -0.39 is 4.92 Å². The van der Waals surface area contributed by atoms with Gasteiger partial charge in [-0.25, -0.2) is 0 Å². The molecule has 1 aromatic carbocycles. The van der Waals surface area contributed by atoms with E-state index >= 15 is 0 Å². The Hall–Kier alpha value is -2.25. The van der Waals surface area contributed by atoms with E-state index in [1.54, 1.807) is 24.5 Å². The molecule has 1 N–H and O–H groups in total. The van der Waals surface area contributed by atoms with Gasteiger partial charge in [0.2, 0.25) is 0 Å². The Balaban J connectivity index is 2.02. The first-order valence-electron chi connectivity index (χ1n) is 6.63. The number of benzene rings is 1. The molecule has 7 heteroatoms. The molecule has 0 saturated heterocycles. The highest BCUT2D eigenvalue weighted by atomic mass is 32.1. The number of nitro benzene ring substituents is 1. The molecule has 2 rings (SSSR count). The fourth-order valence-electron chi connectivity index (χ4n) is 1.97. The normalized spacial score (nSPS) is 11.9. The molecule has 0 aliphatic heterocycles. The van der Waals surface area contributed by atoms with Gasteiger partial charge in [0, 0.05) is 41.1 Å². The molecule has 1 heterocycles. The highest BCUT2D eigenvalue weighted by Crippen LogP contribution is 2.24. The van der Waals surface area contributed by atoms with Crippen molar-refractivity contribution in [1.29, 1.82) is 0 Å². The zero-order valence-corrected chi connectivity index (χ0v) is 13.1. The molecule has 0 fully saturated rings. The molecular weight excluding hydrogens is 304 g/mol. The first-order chi connectivity index (χ1) is 10.5. The zero-order chi connectivity index (χ0) is 16.1. The number of rotatable bonds is 6. The topological polar surface area (TPSA) is 81.5 Å². The van der Waals surface area contributed by atoms with Crippen molar-refractivity contribution in [3.63, 3.8) is 0 Å². The largest absolute Gasteiger partial charge is 0.374 e. The van der Waals surface area contributed by atoms with Crippen molar-refractivity contribution in [1.82, 2.24) is 5.32 Å². The summed E-state index contributed by atoms with van der Waals surface area (Å²) in [4.78, 5) is 24.5. The van der Waals surface area contributed by atoms with Gasteiger partial charge in [-0.2, -0.15) is 0 Å². The molecule has 0 bridgehead atoms. The van der Waals surface area contributed by atoms with Crippen LogP contribution in [-0.2, 0) is 4.74 Å². The number of non-ortho nitro benzene ring substituents is 1. The molecule has 0 radical (unpaired) electrons. The average Bonchev–Trinajstić information content (AvgIpc) is 2.94. The summed E-state index contributed by atoms with van der Waals surface area (Å²) in [5, 5.41) is 13.5.